The molecule has 0 aromatic heterocycles. The first-order chi connectivity index (χ1) is 19.5. The topological polar surface area (TPSA) is 122 Å². The summed E-state index contributed by atoms with van der Waals surface area (Å²) in [5.41, 5.74) is -0.539. The van der Waals surface area contributed by atoms with E-state index in [0.29, 0.717) is 43.1 Å². The molecule has 236 valence electrons. The fraction of sp³-hybridized carbons (Fsp3) is 0.968. The van der Waals surface area contributed by atoms with Crippen molar-refractivity contribution in [3.8, 4) is 0 Å². The number of rotatable bonds is 11. The number of esters is 1. The highest BCUT2D eigenvalue weighted by Crippen LogP contribution is 2.60. The molecule has 1 spiro atoms. The first-order valence-corrected chi connectivity index (χ1v) is 16.0. The summed E-state index contributed by atoms with van der Waals surface area (Å²) in [5.74, 6) is 0.558. The van der Waals surface area contributed by atoms with Crippen LogP contribution in [-0.2, 0) is 38.3 Å². The van der Waals surface area contributed by atoms with Crippen LogP contribution in [-0.4, -0.2) is 77.3 Å². The summed E-state index contributed by atoms with van der Waals surface area (Å²) in [7, 11) is 0. The third-order valence-corrected chi connectivity index (χ3v) is 10.5. The van der Waals surface area contributed by atoms with Crippen molar-refractivity contribution in [1.82, 2.24) is 0 Å². The van der Waals surface area contributed by atoms with Crippen molar-refractivity contribution in [2.24, 2.45) is 23.7 Å². The van der Waals surface area contributed by atoms with E-state index in [0.717, 1.165) is 44.9 Å². The smallest absolute Gasteiger partial charge is 0.305 e. The molecule has 10 heteroatoms. The molecule has 1 aliphatic carbocycles. The van der Waals surface area contributed by atoms with Gasteiger partial charge in [-0.1, -0.05) is 20.3 Å². The molecule has 0 radical (unpaired) electrons. The summed E-state index contributed by atoms with van der Waals surface area (Å²) in [6, 6.07) is 0. The molecule has 2 bridgehead atoms. The molecule has 6 aliphatic rings. The van der Waals surface area contributed by atoms with E-state index in [-0.39, 0.29) is 30.7 Å². The van der Waals surface area contributed by atoms with Gasteiger partial charge < -0.3 is 33.9 Å². The van der Waals surface area contributed by atoms with Gasteiger partial charge in [0.25, 0.3) is 0 Å². The lowest BCUT2D eigenvalue weighted by molar-refractivity contribution is -0.571. The molecule has 0 amide bonds. The highest BCUT2D eigenvalue weighted by molar-refractivity contribution is 5.69. The quantitative estimate of drug-likeness (QED) is 0.205. The third kappa shape index (κ3) is 6.65. The minimum Gasteiger partial charge on any atom is -0.466 e. The molecule has 1 saturated carbocycles. The Hall–Kier alpha value is -0.850. The van der Waals surface area contributed by atoms with Crippen LogP contribution in [0.5, 0.6) is 0 Å². The molecular formula is C31H52O10. The zero-order chi connectivity index (χ0) is 29.4. The van der Waals surface area contributed by atoms with Crippen molar-refractivity contribution in [3.63, 3.8) is 0 Å². The summed E-state index contributed by atoms with van der Waals surface area (Å²) < 4.78 is 30.0. The molecule has 13 atom stereocenters. The van der Waals surface area contributed by atoms with Crippen LogP contribution in [0, 0.1) is 23.7 Å². The summed E-state index contributed by atoms with van der Waals surface area (Å²) in [6.07, 6.45) is 5.34. The van der Waals surface area contributed by atoms with E-state index < -0.39 is 36.2 Å². The predicted molar refractivity (Wildman–Crippen MR) is 147 cm³/mol. The first kappa shape index (κ1) is 31.6. The maximum atomic E-state index is 12.3. The number of carbonyl (C=O) groups excluding carboxylic acids is 1. The average Bonchev–Trinajstić information content (AvgIpc) is 3.16. The van der Waals surface area contributed by atoms with Crippen LogP contribution in [0.25, 0.3) is 0 Å². The molecule has 5 aliphatic heterocycles. The monoisotopic (exact) mass is 584 g/mol. The molecule has 5 heterocycles. The summed E-state index contributed by atoms with van der Waals surface area (Å²) in [5, 5.41) is 19.9. The van der Waals surface area contributed by atoms with Crippen molar-refractivity contribution in [2.75, 3.05) is 6.61 Å². The van der Waals surface area contributed by atoms with Gasteiger partial charge in [-0.2, -0.15) is 0 Å². The van der Waals surface area contributed by atoms with E-state index in [9.17, 15) is 15.0 Å². The predicted octanol–water partition coefficient (Wildman–Crippen LogP) is 4.38. The second-order valence-corrected chi connectivity index (χ2v) is 13.6. The van der Waals surface area contributed by atoms with Crippen molar-refractivity contribution < 1.29 is 48.5 Å². The standard InChI is InChI=1S/C31H52O10/c1-18-12-13-23-20(3)26(38-29-31(23)22(18)14-15-30(5,39-29)40-41-31)10-8-16-35-27(34)11-7-6-9-19(2)36-28-25(33)17-24(32)21(4)37-28/h18-26,28-29,32-33H,6-17H2,1-5H3/t18-,19+,20-,21+,22+,23+,24-,25?,26-,28-,29?,30+,31-/m1/s1. The Kier molecular flexibility index (Phi) is 10.0. The number of ether oxygens (including phenoxy) is 5. The van der Waals surface area contributed by atoms with E-state index in [4.69, 9.17) is 33.5 Å². The van der Waals surface area contributed by atoms with Crippen LogP contribution >= 0.6 is 0 Å². The second kappa shape index (κ2) is 13.0. The Bertz CT molecular complexity index is 887. The molecule has 0 aromatic carbocycles. The highest BCUT2D eigenvalue weighted by Gasteiger charge is 2.69. The van der Waals surface area contributed by atoms with E-state index in [1.807, 2.05) is 13.8 Å². The molecule has 10 nitrogen and oxygen atoms in total. The SMILES string of the molecule is C[C@H]1[C@@H](CCCOC(=O)CCCC[C@H](C)O[C@@H]2O[C@@H](C)[C@H](O)CC2O)OC2O[C@]3(C)CC[C@H]4[C@H](C)CC[C@@H]1[C@@]24OO3. The fourth-order valence-corrected chi connectivity index (χ4v) is 7.92. The van der Waals surface area contributed by atoms with Gasteiger partial charge in [0.1, 0.15) is 6.10 Å². The molecule has 2 N–H and O–H groups in total. The largest absolute Gasteiger partial charge is 0.466 e. The van der Waals surface area contributed by atoms with E-state index >= 15 is 0 Å². The van der Waals surface area contributed by atoms with Gasteiger partial charge in [-0.05, 0) is 83.5 Å². The van der Waals surface area contributed by atoms with Gasteiger partial charge in [-0.15, -0.1) is 0 Å². The van der Waals surface area contributed by atoms with Gasteiger partial charge in [-0.25, -0.2) is 9.78 Å². The van der Waals surface area contributed by atoms with Gasteiger partial charge in [0.2, 0.25) is 5.79 Å². The minimum atomic E-state index is -0.842. The third-order valence-electron chi connectivity index (χ3n) is 10.5. The van der Waals surface area contributed by atoms with Crippen LogP contribution < -0.4 is 0 Å². The van der Waals surface area contributed by atoms with Crippen molar-refractivity contribution >= 4 is 5.97 Å². The van der Waals surface area contributed by atoms with Gasteiger partial charge in [0.05, 0.1) is 31.0 Å². The molecule has 6 rings (SSSR count). The maximum absolute atomic E-state index is 12.3. The van der Waals surface area contributed by atoms with Crippen LogP contribution in [0.2, 0.25) is 0 Å². The van der Waals surface area contributed by atoms with Crippen LogP contribution in [0.3, 0.4) is 0 Å². The van der Waals surface area contributed by atoms with Crippen LogP contribution in [0.15, 0.2) is 0 Å². The van der Waals surface area contributed by atoms with Crippen molar-refractivity contribution in [2.45, 2.75) is 160 Å². The van der Waals surface area contributed by atoms with E-state index in [1.54, 1.807) is 6.92 Å². The maximum Gasteiger partial charge on any atom is 0.305 e. The Morgan fingerprint density at radius 2 is 1.80 bits per heavy atom. The number of hydrogen-bond acceptors (Lipinski definition) is 10. The lowest BCUT2D eigenvalue weighted by atomic mass is 9.57. The fourth-order valence-electron chi connectivity index (χ4n) is 7.92. The van der Waals surface area contributed by atoms with Crippen molar-refractivity contribution in [3.05, 3.63) is 0 Å². The van der Waals surface area contributed by atoms with Gasteiger partial charge in [0, 0.05) is 25.2 Å². The van der Waals surface area contributed by atoms with Crippen LogP contribution in [0.4, 0.5) is 0 Å². The molecule has 6 fully saturated rings. The molecule has 0 aromatic rings. The van der Waals surface area contributed by atoms with E-state index in [1.165, 1.54) is 6.42 Å². The van der Waals surface area contributed by atoms with Gasteiger partial charge >= 0.3 is 5.97 Å². The second-order valence-electron chi connectivity index (χ2n) is 13.6. The first-order valence-electron chi connectivity index (χ1n) is 16.0. The van der Waals surface area contributed by atoms with Gasteiger partial charge in [-0.3, -0.25) is 4.79 Å². The average molecular weight is 585 g/mol. The number of aliphatic hydroxyl groups is 2. The molecular weight excluding hydrogens is 532 g/mol. The van der Waals surface area contributed by atoms with E-state index in [2.05, 4.69) is 13.8 Å². The number of hydrogen-bond donors (Lipinski definition) is 2. The number of carbonyl (C=O) groups is 1. The number of unbranched alkanes of at least 4 members (excludes halogenated alkanes) is 1. The molecule has 2 unspecified atom stereocenters. The highest BCUT2D eigenvalue weighted by atomic mass is 17.3. The molecule has 41 heavy (non-hydrogen) atoms. The van der Waals surface area contributed by atoms with Crippen LogP contribution in [0.1, 0.15) is 105 Å². The Balaban J connectivity index is 1.00. The number of fused-ring (bicyclic) bond motifs is 2. The Morgan fingerprint density at radius 1 is 1.00 bits per heavy atom. The zero-order valence-corrected chi connectivity index (χ0v) is 25.5. The Morgan fingerprint density at radius 3 is 2.61 bits per heavy atom. The lowest BCUT2D eigenvalue weighted by Gasteiger charge is -2.60. The number of aliphatic hydroxyl groups excluding tert-OH is 2. The lowest BCUT2D eigenvalue weighted by Crippen LogP contribution is -2.70. The molecule has 5 saturated heterocycles. The zero-order valence-electron chi connectivity index (χ0n) is 25.5. The Labute approximate surface area is 244 Å². The van der Waals surface area contributed by atoms with Gasteiger partial charge in [0.15, 0.2) is 18.2 Å². The normalized spacial score (nSPS) is 46.4. The van der Waals surface area contributed by atoms with Crippen molar-refractivity contribution in [1.29, 1.82) is 0 Å². The minimum absolute atomic E-state index is 0.0225. The summed E-state index contributed by atoms with van der Waals surface area (Å²) in [4.78, 5) is 24.5. The summed E-state index contributed by atoms with van der Waals surface area (Å²) in [6.45, 7) is 10.6. The summed E-state index contributed by atoms with van der Waals surface area (Å²) >= 11 is 0.